The molecule has 0 aromatic rings. The molecule has 4 heteroatoms. The van der Waals surface area contributed by atoms with Crippen molar-refractivity contribution < 1.29 is 8.78 Å². The molecule has 1 fully saturated rings. The van der Waals surface area contributed by atoms with Crippen molar-refractivity contribution in [3.8, 4) is 0 Å². The van der Waals surface area contributed by atoms with Crippen molar-refractivity contribution in [1.29, 1.82) is 0 Å². The monoisotopic (exact) mass is 143 g/mol. The topological polar surface area (TPSA) is 26.0 Å². The second-order valence-electron chi connectivity index (χ2n) is 1.86. The summed E-state index contributed by atoms with van der Waals surface area (Å²) in [4.78, 5) is 0. The van der Waals surface area contributed by atoms with E-state index in [9.17, 15) is 8.78 Å². The van der Waals surface area contributed by atoms with Crippen LogP contribution in [0, 0.1) is 0 Å². The molecule has 0 radical (unpaired) electrons. The van der Waals surface area contributed by atoms with Crippen molar-refractivity contribution in [2.24, 2.45) is 5.73 Å². The molecule has 0 spiro atoms. The smallest absolute Gasteiger partial charge is 0.146 e. The minimum absolute atomic E-state index is 0. The maximum atomic E-state index is 11.8. The van der Waals surface area contributed by atoms with Crippen LogP contribution in [-0.2, 0) is 0 Å². The van der Waals surface area contributed by atoms with E-state index in [0.29, 0.717) is 0 Å². The highest BCUT2D eigenvalue weighted by molar-refractivity contribution is 5.85. The maximum absolute atomic E-state index is 11.8. The second-order valence-corrected chi connectivity index (χ2v) is 1.86. The first-order valence-corrected chi connectivity index (χ1v) is 2.25. The lowest BCUT2D eigenvalue weighted by Crippen LogP contribution is -2.50. The molecular formula is C4H8ClF2N. The number of rotatable bonds is 0. The van der Waals surface area contributed by atoms with Gasteiger partial charge in [0.1, 0.15) is 12.3 Å². The molecule has 0 amide bonds. The first kappa shape index (κ1) is 8.11. The highest BCUT2D eigenvalue weighted by atomic mass is 35.5. The number of halogens is 3. The Morgan fingerprint density at radius 1 is 1.38 bits per heavy atom. The molecule has 0 aromatic carbocycles. The lowest BCUT2D eigenvalue weighted by molar-refractivity contribution is 0.0462. The zero-order valence-corrected chi connectivity index (χ0v) is 5.00. The van der Waals surface area contributed by atoms with Gasteiger partial charge in [-0.1, -0.05) is 0 Å². The van der Waals surface area contributed by atoms with Crippen LogP contribution in [0.15, 0.2) is 0 Å². The summed E-state index contributed by atoms with van der Waals surface area (Å²) >= 11 is 0. The first-order chi connectivity index (χ1) is 3.22. The molecule has 3 atom stereocenters. The van der Waals surface area contributed by atoms with E-state index >= 15 is 0 Å². The van der Waals surface area contributed by atoms with Gasteiger partial charge in [-0.15, -0.1) is 12.4 Å². The molecular weight excluding hydrogens is 136 g/mol. The molecule has 1 nitrogen and oxygen atoms in total. The van der Waals surface area contributed by atoms with E-state index in [2.05, 4.69) is 0 Å². The summed E-state index contributed by atoms with van der Waals surface area (Å²) in [6.45, 7) is 0. The van der Waals surface area contributed by atoms with Crippen LogP contribution in [-0.4, -0.2) is 18.4 Å². The van der Waals surface area contributed by atoms with Gasteiger partial charge in [0.25, 0.3) is 0 Å². The fourth-order valence-electron chi connectivity index (χ4n) is 0.592. The van der Waals surface area contributed by atoms with Crippen LogP contribution in [0.1, 0.15) is 6.42 Å². The minimum atomic E-state index is -1.39. The van der Waals surface area contributed by atoms with Gasteiger partial charge in [-0.05, 0) is 6.42 Å². The largest absolute Gasteiger partial charge is 0.325 e. The number of hydrogen-bond donors (Lipinski definition) is 1. The van der Waals surface area contributed by atoms with Gasteiger partial charge in [-0.2, -0.15) is 0 Å². The third kappa shape index (κ3) is 1.09. The number of nitrogens with two attached hydrogens (primary N) is 1. The molecule has 1 aliphatic rings. The third-order valence-corrected chi connectivity index (χ3v) is 1.25. The Balaban J connectivity index is 0.000000490. The molecule has 1 rings (SSSR count). The Labute approximate surface area is 52.7 Å². The SMILES string of the molecule is Cl.NC1CC(F)C1F. The van der Waals surface area contributed by atoms with Gasteiger partial charge in [0.15, 0.2) is 0 Å². The molecule has 0 aromatic heterocycles. The van der Waals surface area contributed by atoms with Gasteiger partial charge in [0, 0.05) is 6.04 Å². The van der Waals surface area contributed by atoms with E-state index in [4.69, 9.17) is 5.73 Å². The molecule has 8 heavy (non-hydrogen) atoms. The van der Waals surface area contributed by atoms with Gasteiger partial charge in [0.05, 0.1) is 0 Å². The quantitative estimate of drug-likeness (QED) is 0.534. The molecule has 0 saturated heterocycles. The van der Waals surface area contributed by atoms with Crippen molar-refractivity contribution in [3.63, 3.8) is 0 Å². The lowest BCUT2D eigenvalue weighted by Gasteiger charge is -2.30. The predicted octanol–water partition coefficient (Wildman–Crippen LogP) is 0.815. The fourth-order valence-corrected chi connectivity index (χ4v) is 0.592. The summed E-state index contributed by atoms with van der Waals surface area (Å²) in [5, 5.41) is 0. The zero-order valence-electron chi connectivity index (χ0n) is 4.18. The van der Waals surface area contributed by atoms with E-state index in [-0.39, 0.29) is 18.8 Å². The van der Waals surface area contributed by atoms with Crippen molar-refractivity contribution >= 4 is 12.4 Å². The van der Waals surface area contributed by atoms with E-state index in [1.807, 2.05) is 0 Å². The average molecular weight is 144 g/mol. The summed E-state index contributed by atoms with van der Waals surface area (Å²) < 4.78 is 23.5. The zero-order chi connectivity index (χ0) is 5.44. The van der Waals surface area contributed by atoms with E-state index in [0.717, 1.165) is 0 Å². The second kappa shape index (κ2) is 2.60. The van der Waals surface area contributed by atoms with Gasteiger partial charge in [-0.25, -0.2) is 8.78 Å². The van der Waals surface area contributed by atoms with Crippen molar-refractivity contribution in [2.45, 2.75) is 24.8 Å². The van der Waals surface area contributed by atoms with Crippen molar-refractivity contribution in [1.82, 2.24) is 0 Å². The Morgan fingerprint density at radius 2 is 1.88 bits per heavy atom. The Kier molecular flexibility index (Phi) is 2.63. The normalized spacial score (nSPS) is 44.6. The van der Waals surface area contributed by atoms with Crippen molar-refractivity contribution in [2.75, 3.05) is 0 Å². The molecule has 0 heterocycles. The summed E-state index contributed by atoms with van der Waals surface area (Å²) in [6.07, 6.45) is -2.48. The summed E-state index contributed by atoms with van der Waals surface area (Å²) in [6, 6.07) is -0.532. The maximum Gasteiger partial charge on any atom is 0.146 e. The summed E-state index contributed by atoms with van der Waals surface area (Å²) in [7, 11) is 0. The summed E-state index contributed by atoms with van der Waals surface area (Å²) in [5.41, 5.74) is 5.00. The molecule has 0 aliphatic heterocycles. The average Bonchev–Trinajstić information content (AvgIpc) is 1.68. The molecule has 1 saturated carbocycles. The molecule has 3 unspecified atom stereocenters. The number of alkyl halides is 2. The van der Waals surface area contributed by atoms with E-state index in [1.54, 1.807) is 0 Å². The Bertz CT molecular complexity index is 72.4. The predicted molar refractivity (Wildman–Crippen MR) is 29.6 cm³/mol. The standard InChI is InChI=1S/C4H7F2N.ClH/c5-2-1-3(7)4(2)6;/h2-4H,1,7H2;1H. The molecule has 0 bridgehead atoms. The Morgan fingerprint density at radius 3 is 1.88 bits per heavy atom. The van der Waals surface area contributed by atoms with Gasteiger partial charge in [-0.3, -0.25) is 0 Å². The van der Waals surface area contributed by atoms with Crippen LogP contribution >= 0.6 is 12.4 Å². The molecule has 50 valence electrons. The van der Waals surface area contributed by atoms with E-state index < -0.39 is 18.4 Å². The highest BCUT2D eigenvalue weighted by Crippen LogP contribution is 2.24. The van der Waals surface area contributed by atoms with Gasteiger partial charge >= 0.3 is 0 Å². The van der Waals surface area contributed by atoms with Gasteiger partial charge < -0.3 is 5.73 Å². The first-order valence-electron chi connectivity index (χ1n) is 2.25. The third-order valence-electron chi connectivity index (χ3n) is 1.25. The summed E-state index contributed by atoms with van der Waals surface area (Å²) in [5.74, 6) is 0. The number of hydrogen-bond acceptors (Lipinski definition) is 1. The minimum Gasteiger partial charge on any atom is -0.325 e. The van der Waals surface area contributed by atoms with Crippen molar-refractivity contribution in [3.05, 3.63) is 0 Å². The van der Waals surface area contributed by atoms with Gasteiger partial charge in [0.2, 0.25) is 0 Å². The van der Waals surface area contributed by atoms with Crippen LogP contribution in [0.4, 0.5) is 8.78 Å². The Hall–Kier alpha value is 0.110. The van der Waals surface area contributed by atoms with Crippen LogP contribution in [0.25, 0.3) is 0 Å². The van der Waals surface area contributed by atoms with Crippen LogP contribution < -0.4 is 5.73 Å². The van der Waals surface area contributed by atoms with Crippen LogP contribution in [0.3, 0.4) is 0 Å². The molecule has 1 aliphatic carbocycles. The fraction of sp³-hybridized carbons (Fsp3) is 1.00. The van der Waals surface area contributed by atoms with E-state index in [1.165, 1.54) is 0 Å². The molecule has 2 N–H and O–H groups in total. The lowest BCUT2D eigenvalue weighted by atomic mass is 9.89. The van der Waals surface area contributed by atoms with Crippen LogP contribution in [0.2, 0.25) is 0 Å². The highest BCUT2D eigenvalue weighted by Gasteiger charge is 2.38. The van der Waals surface area contributed by atoms with Crippen LogP contribution in [0.5, 0.6) is 0 Å².